The molecule has 0 aromatic rings. The lowest BCUT2D eigenvalue weighted by Crippen LogP contribution is -2.70. The summed E-state index contributed by atoms with van der Waals surface area (Å²) in [5.41, 5.74) is -3.85. The summed E-state index contributed by atoms with van der Waals surface area (Å²) in [5.74, 6) is -1.53. The fourth-order valence-corrected chi connectivity index (χ4v) is 10.4. The first kappa shape index (κ1) is 25.3. The zero-order valence-electron chi connectivity index (χ0n) is 21.1. The van der Waals surface area contributed by atoms with E-state index in [0.717, 1.165) is 6.42 Å². The van der Waals surface area contributed by atoms with Crippen molar-refractivity contribution in [2.24, 2.45) is 22.7 Å². The molecule has 0 aromatic carbocycles. The fraction of sp³-hybridized carbons (Fsp3) is 0.852. The molecule has 1 N–H and O–H groups in total. The summed E-state index contributed by atoms with van der Waals surface area (Å²) in [7, 11) is 0. The molecule has 0 spiro atoms. The molecule has 200 valence electrons. The summed E-state index contributed by atoms with van der Waals surface area (Å²) in [4.78, 5) is 23.7. The summed E-state index contributed by atoms with van der Waals surface area (Å²) in [6, 6.07) is 0. The van der Waals surface area contributed by atoms with Crippen LogP contribution in [0.4, 0.5) is 8.78 Å². The third kappa shape index (κ3) is 3.06. The van der Waals surface area contributed by atoms with Crippen LogP contribution in [0.15, 0.2) is 11.6 Å². The van der Waals surface area contributed by atoms with Gasteiger partial charge in [-0.1, -0.05) is 27.2 Å². The van der Waals surface area contributed by atoms with Crippen LogP contribution in [0, 0.1) is 22.7 Å². The lowest BCUT2D eigenvalue weighted by atomic mass is 9.44. The third-order valence-corrected chi connectivity index (χ3v) is 12.3. The molecule has 3 saturated carbocycles. The number of ether oxygens (including phenoxy) is 3. The Morgan fingerprint density at radius 3 is 2.69 bits per heavy atom. The number of thioether (sulfide) groups is 1. The molecule has 0 amide bonds. The highest BCUT2D eigenvalue weighted by molar-refractivity contribution is 8.01. The first-order chi connectivity index (χ1) is 17.0. The summed E-state index contributed by atoms with van der Waals surface area (Å²) in [6.07, 6.45) is 0.628. The Bertz CT molecular complexity index is 1010. The minimum Gasteiger partial charge on any atom is -0.465 e. The second-order valence-electron chi connectivity index (χ2n) is 12.1. The van der Waals surface area contributed by atoms with E-state index < -0.39 is 57.3 Å². The van der Waals surface area contributed by atoms with Gasteiger partial charge in [-0.3, -0.25) is 9.59 Å². The predicted octanol–water partition coefficient (Wildman–Crippen LogP) is 4.43. The summed E-state index contributed by atoms with van der Waals surface area (Å²) in [5, 5.41) is 11.2. The van der Waals surface area contributed by atoms with Gasteiger partial charge in [0, 0.05) is 29.6 Å². The van der Waals surface area contributed by atoms with Crippen LogP contribution in [0.3, 0.4) is 0 Å². The Balaban J connectivity index is 1.42. The second-order valence-corrected chi connectivity index (χ2v) is 13.6. The monoisotopic (exact) mass is 526 g/mol. The van der Waals surface area contributed by atoms with E-state index >= 15 is 8.78 Å². The summed E-state index contributed by atoms with van der Waals surface area (Å²) < 4.78 is 51.5. The van der Waals surface area contributed by atoms with Gasteiger partial charge in [0.25, 0.3) is 0 Å². The molecule has 11 atom stereocenters. The van der Waals surface area contributed by atoms with E-state index in [1.807, 2.05) is 13.8 Å². The number of esters is 1. The van der Waals surface area contributed by atoms with Crippen LogP contribution >= 0.6 is 11.8 Å². The number of hydrogen-bond acceptors (Lipinski definition) is 7. The second kappa shape index (κ2) is 8.23. The molecule has 6 aliphatic rings. The highest BCUT2D eigenvalue weighted by atomic mass is 32.2. The normalized spacial score (nSPS) is 53.8. The predicted molar refractivity (Wildman–Crippen MR) is 128 cm³/mol. The van der Waals surface area contributed by atoms with Crippen molar-refractivity contribution in [3.63, 3.8) is 0 Å². The maximum atomic E-state index is 17.5. The van der Waals surface area contributed by atoms with Crippen LogP contribution in [-0.4, -0.2) is 64.0 Å². The molecule has 0 bridgehead atoms. The van der Waals surface area contributed by atoms with Gasteiger partial charge < -0.3 is 19.3 Å². The van der Waals surface area contributed by atoms with Gasteiger partial charge in [0.15, 0.2) is 12.1 Å². The number of aliphatic hydroxyl groups excluding tert-OH is 1. The summed E-state index contributed by atoms with van der Waals surface area (Å²) >= 11 is 1.41. The van der Waals surface area contributed by atoms with Crippen molar-refractivity contribution in [3.05, 3.63) is 11.6 Å². The van der Waals surface area contributed by atoms with Gasteiger partial charge in [0.2, 0.25) is 0 Å². The van der Waals surface area contributed by atoms with Crippen LogP contribution in [-0.2, 0) is 23.8 Å². The minimum atomic E-state index is -2.06. The van der Waals surface area contributed by atoms with Crippen molar-refractivity contribution in [3.8, 4) is 0 Å². The molecule has 0 radical (unpaired) electrons. The quantitative estimate of drug-likeness (QED) is 0.543. The fourth-order valence-electron chi connectivity index (χ4n) is 8.66. The van der Waals surface area contributed by atoms with Crippen molar-refractivity contribution in [2.75, 3.05) is 6.61 Å². The number of carbonyl (C=O) groups excluding carboxylic acids is 2. The Hall–Kier alpha value is -1.03. The number of aliphatic hydroxyl groups is 1. The molecule has 2 unspecified atom stereocenters. The van der Waals surface area contributed by atoms with Crippen molar-refractivity contribution in [1.29, 1.82) is 0 Å². The molecule has 9 heteroatoms. The highest BCUT2D eigenvalue weighted by Crippen LogP contribution is 2.74. The van der Waals surface area contributed by atoms with E-state index in [0.29, 0.717) is 25.9 Å². The first-order valence-electron chi connectivity index (χ1n) is 13.4. The van der Waals surface area contributed by atoms with Gasteiger partial charge in [-0.05, 0) is 49.7 Å². The Morgan fingerprint density at radius 1 is 1.22 bits per heavy atom. The standard InChI is InChI=1S/C27H36F2O6S/c1-4-5-22-34-21-12-15-16-11-18(28)17-10-14(30)6-8-24(17,2)26(16,29)20(31)13-25(15,3)27(21,35-22)36-19-7-9-33-23(19)32/h10,15-16,18-22,31H,4-9,11-13H2,1-3H3/t15?,16?,18-,19+,20-,21+,22+,24-,25-,26-,27-/m0/s1. The smallest absolute Gasteiger partial charge is 0.319 e. The molecule has 2 heterocycles. The van der Waals surface area contributed by atoms with E-state index in [1.54, 1.807) is 6.92 Å². The maximum Gasteiger partial charge on any atom is 0.319 e. The maximum absolute atomic E-state index is 17.5. The van der Waals surface area contributed by atoms with Crippen LogP contribution in [0.2, 0.25) is 0 Å². The number of rotatable bonds is 4. The van der Waals surface area contributed by atoms with Gasteiger partial charge >= 0.3 is 5.97 Å². The Labute approximate surface area is 214 Å². The third-order valence-electron chi connectivity index (χ3n) is 10.5. The number of allylic oxidation sites excluding steroid dienone is 1. The molecule has 5 fully saturated rings. The number of ketones is 1. The number of carbonyl (C=O) groups is 2. The van der Waals surface area contributed by atoms with Gasteiger partial charge in [-0.2, -0.15) is 0 Å². The SMILES string of the molecule is CCC[C@@H]1O[C@@H]2CC3C4C[C@H](F)C5=CC(=O)CC[C@]5(C)[C@@]4(F)[C@@H](O)C[C@]3(C)[C@]2(S[C@@H]2CCOC2=O)O1. The Morgan fingerprint density at radius 2 is 2.00 bits per heavy atom. The number of hydrogen-bond donors (Lipinski definition) is 1. The van der Waals surface area contributed by atoms with Gasteiger partial charge in [0.05, 0.1) is 12.7 Å². The van der Waals surface area contributed by atoms with E-state index in [4.69, 9.17) is 14.2 Å². The molecular formula is C27H36F2O6S. The number of fused-ring (bicyclic) bond motifs is 7. The van der Waals surface area contributed by atoms with Crippen LogP contribution in [0.25, 0.3) is 0 Å². The van der Waals surface area contributed by atoms with Crippen LogP contribution in [0.5, 0.6) is 0 Å². The van der Waals surface area contributed by atoms with Crippen molar-refractivity contribution in [1.82, 2.24) is 0 Å². The average Bonchev–Trinajstić information content (AvgIpc) is 3.44. The van der Waals surface area contributed by atoms with E-state index in [2.05, 4.69) is 0 Å². The van der Waals surface area contributed by atoms with E-state index in [1.165, 1.54) is 17.8 Å². The van der Waals surface area contributed by atoms with E-state index in [9.17, 15) is 14.7 Å². The van der Waals surface area contributed by atoms with E-state index in [-0.39, 0.29) is 48.9 Å². The highest BCUT2D eigenvalue weighted by Gasteiger charge is 2.79. The van der Waals surface area contributed by atoms with Crippen molar-refractivity contribution < 1.29 is 37.7 Å². The number of alkyl halides is 2. The van der Waals surface area contributed by atoms with Crippen LogP contribution < -0.4 is 0 Å². The molecule has 0 aromatic heterocycles. The molecular weight excluding hydrogens is 490 g/mol. The summed E-state index contributed by atoms with van der Waals surface area (Å²) in [6.45, 7) is 6.10. The van der Waals surface area contributed by atoms with Gasteiger partial charge in [-0.25, -0.2) is 8.78 Å². The van der Waals surface area contributed by atoms with Gasteiger partial charge in [-0.15, -0.1) is 11.8 Å². The van der Waals surface area contributed by atoms with Crippen molar-refractivity contribution in [2.45, 2.75) is 113 Å². The molecule has 6 nitrogen and oxygen atoms in total. The zero-order valence-corrected chi connectivity index (χ0v) is 22.0. The zero-order chi connectivity index (χ0) is 25.7. The largest absolute Gasteiger partial charge is 0.465 e. The number of cyclic esters (lactones) is 1. The topological polar surface area (TPSA) is 82.1 Å². The van der Waals surface area contributed by atoms with Crippen molar-refractivity contribution >= 4 is 23.5 Å². The molecule has 36 heavy (non-hydrogen) atoms. The first-order valence-corrected chi connectivity index (χ1v) is 14.3. The minimum absolute atomic E-state index is 0.0835. The molecule has 2 saturated heterocycles. The Kier molecular flexibility index (Phi) is 5.78. The lowest BCUT2D eigenvalue weighted by molar-refractivity contribution is -0.232. The lowest BCUT2D eigenvalue weighted by Gasteiger charge is -2.64. The molecule has 2 aliphatic heterocycles. The van der Waals surface area contributed by atoms with Gasteiger partial charge in [0.1, 0.15) is 28.1 Å². The number of halogens is 2. The van der Waals surface area contributed by atoms with Crippen LogP contribution in [0.1, 0.15) is 72.1 Å². The average molecular weight is 527 g/mol. The molecule has 4 aliphatic carbocycles. The molecule has 6 rings (SSSR count).